The number of carbonyl (C=O) groups excluding carboxylic acids is 1. The zero-order valence-electron chi connectivity index (χ0n) is 16.5. The molecule has 0 bridgehead atoms. The standard InChI is InChI=1S/C21H27NO4.ClH/c1-22(2)14-16(13-15-9-7-6-8-10-15)19(23)17-11-12-18(24-3)21(26-5)20(17)25-4;/h6-12,16H,13-14H2,1-5H3;1H. The van der Waals surface area contributed by atoms with Gasteiger partial charge in [-0.15, -0.1) is 12.4 Å². The minimum absolute atomic E-state index is 0. The lowest BCUT2D eigenvalue weighted by atomic mass is 9.90. The molecule has 5 nitrogen and oxygen atoms in total. The summed E-state index contributed by atoms with van der Waals surface area (Å²) in [6.45, 7) is 0.644. The fourth-order valence-corrected chi connectivity index (χ4v) is 3.09. The first-order valence-corrected chi connectivity index (χ1v) is 8.53. The van der Waals surface area contributed by atoms with E-state index < -0.39 is 0 Å². The van der Waals surface area contributed by atoms with Crippen LogP contribution < -0.4 is 14.2 Å². The third-order valence-electron chi connectivity index (χ3n) is 4.25. The number of benzene rings is 2. The van der Waals surface area contributed by atoms with Crippen molar-refractivity contribution in [1.29, 1.82) is 0 Å². The number of nitrogens with zero attached hydrogens (tertiary/aromatic N) is 1. The quantitative estimate of drug-likeness (QED) is 0.607. The number of Topliss-reactive ketones (excluding diaryl/α,β-unsaturated/α-hetero) is 1. The first-order valence-electron chi connectivity index (χ1n) is 8.53. The zero-order chi connectivity index (χ0) is 19.1. The molecule has 2 aromatic rings. The molecule has 2 rings (SSSR count). The van der Waals surface area contributed by atoms with Gasteiger partial charge < -0.3 is 19.1 Å². The topological polar surface area (TPSA) is 48.0 Å². The summed E-state index contributed by atoms with van der Waals surface area (Å²) in [7, 11) is 8.57. The molecule has 0 aliphatic rings. The number of hydrogen-bond acceptors (Lipinski definition) is 5. The minimum Gasteiger partial charge on any atom is -0.493 e. The number of hydrogen-bond donors (Lipinski definition) is 0. The predicted octanol–water partition coefficient (Wildman–Crippen LogP) is 3.74. The van der Waals surface area contributed by atoms with E-state index in [9.17, 15) is 4.79 Å². The van der Waals surface area contributed by atoms with Crippen LogP contribution >= 0.6 is 12.4 Å². The van der Waals surface area contributed by atoms with E-state index in [1.165, 1.54) is 14.2 Å². The number of ether oxygens (including phenoxy) is 3. The van der Waals surface area contributed by atoms with Crippen molar-refractivity contribution in [2.75, 3.05) is 42.0 Å². The van der Waals surface area contributed by atoms with Crippen LogP contribution in [0.4, 0.5) is 0 Å². The lowest BCUT2D eigenvalue weighted by Gasteiger charge is -2.22. The highest BCUT2D eigenvalue weighted by atomic mass is 35.5. The summed E-state index contributed by atoms with van der Waals surface area (Å²) in [5.41, 5.74) is 1.64. The Morgan fingerprint density at radius 2 is 1.56 bits per heavy atom. The fraction of sp³-hybridized carbons (Fsp3) is 0.381. The molecule has 1 atom stereocenters. The van der Waals surface area contributed by atoms with Gasteiger partial charge in [-0.1, -0.05) is 30.3 Å². The molecule has 0 aromatic heterocycles. The Morgan fingerprint density at radius 3 is 2.07 bits per heavy atom. The van der Waals surface area contributed by atoms with Gasteiger partial charge in [0, 0.05) is 12.5 Å². The molecule has 0 saturated heterocycles. The maximum Gasteiger partial charge on any atom is 0.204 e. The summed E-state index contributed by atoms with van der Waals surface area (Å²) in [6.07, 6.45) is 0.662. The number of carbonyl (C=O) groups is 1. The van der Waals surface area contributed by atoms with Gasteiger partial charge in [0.1, 0.15) is 0 Å². The monoisotopic (exact) mass is 393 g/mol. The van der Waals surface area contributed by atoms with Crippen LogP contribution in [0.5, 0.6) is 17.2 Å². The van der Waals surface area contributed by atoms with Crippen molar-refractivity contribution in [2.24, 2.45) is 5.92 Å². The number of rotatable bonds is 9. The molecule has 0 radical (unpaired) electrons. The fourth-order valence-electron chi connectivity index (χ4n) is 3.09. The largest absolute Gasteiger partial charge is 0.493 e. The molecule has 0 spiro atoms. The van der Waals surface area contributed by atoms with Crippen LogP contribution in [0.25, 0.3) is 0 Å². The zero-order valence-corrected chi connectivity index (χ0v) is 17.3. The van der Waals surface area contributed by atoms with E-state index in [-0.39, 0.29) is 24.1 Å². The van der Waals surface area contributed by atoms with Crippen molar-refractivity contribution in [3.05, 3.63) is 53.6 Å². The number of halogens is 1. The highest BCUT2D eigenvalue weighted by Crippen LogP contribution is 2.40. The average Bonchev–Trinajstić information content (AvgIpc) is 2.65. The van der Waals surface area contributed by atoms with Crippen LogP contribution in [-0.4, -0.2) is 52.7 Å². The molecule has 0 aliphatic heterocycles. The Balaban J connectivity index is 0.00000364. The molecule has 0 heterocycles. The van der Waals surface area contributed by atoms with Gasteiger partial charge in [0.2, 0.25) is 5.75 Å². The molecule has 0 amide bonds. The van der Waals surface area contributed by atoms with E-state index in [1.807, 2.05) is 49.3 Å². The second-order valence-electron chi connectivity index (χ2n) is 6.40. The van der Waals surface area contributed by atoms with E-state index in [2.05, 4.69) is 0 Å². The Morgan fingerprint density at radius 1 is 0.926 bits per heavy atom. The third kappa shape index (κ3) is 5.62. The van der Waals surface area contributed by atoms with Crippen molar-refractivity contribution in [2.45, 2.75) is 6.42 Å². The van der Waals surface area contributed by atoms with Crippen LogP contribution in [-0.2, 0) is 6.42 Å². The highest BCUT2D eigenvalue weighted by molar-refractivity contribution is 6.01. The predicted molar refractivity (Wildman–Crippen MR) is 110 cm³/mol. The Bertz CT molecular complexity index is 734. The molecule has 148 valence electrons. The van der Waals surface area contributed by atoms with E-state index in [0.29, 0.717) is 35.8 Å². The van der Waals surface area contributed by atoms with Crippen LogP contribution in [0.2, 0.25) is 0 Å². The van der Waals surface area contributed by atoms with E-state index in [0.717, 1.165) is 5.56 Å². The van der Waals surface area contributed by atoms with Gasteiger partial charge in [-0.3, -0.25) is 4.79 Å². The maximum atomic E-state index is 13.3. The van der Waals surface area contributed by atoms with Gasteiger partial charge in [0.25, 0.3) is 0 Å². The summed E-state index contributed by atoms with van der Waals surface area (Å²) in [5, 5.41) is 0. The highest BCUT2D eigenvalue weighted by Gasteiger charge is 2.27. The van der Waals surface area contributed by atoms with Crippen molar-refractivity contribution >= 4 is 18.2 Å². The summed E-state index contributed by atoms with van der Waals surface area (Å²) in [4.78, 5) is 15.4. The van der Waals surface area contributed by atoms with Gasteiger partial charge in [-0.25, -0.2) is 0 Å². The lowest BCUT2D eigenvalue weighted by molar-refractivity contribution is 0.0892. The van der Waals surface area contributed by atoms with E-state index >= 15 is 0 Å². The number of methoxy groups -OCH3 is 3. The Hall–Kier alpha value is -2.24. The van der Waals surface area contributed by atoms with Crippen LogP contribution in [0.15, 0.2) is 42.5 Å². The van der Waals surface area contributed by atoms with Gasteiger partial charge >= 0.3 is 0 Å². The van der Waals surface area contributed by atoms with Crippen LogP contribution in [0, 0.1) is 5.92 Å². The second-order valence-corrected chi connectivity index (χ2v) is 6.40. The Labute approximate surface area is 167 Å². The first-order chi connectivity index (χ1) is 12.5. The molecule has 27 heavy (non-hydrogen) atoms. The van der Waals surface area contributed by atoms with Gasteiger partial charge in [-0.05, 0) is 38.2 Å². The van der Waals surface area contributed by atoms with Crippen molar-refractivity contribution in [1.82, 2.24) is 4.90 Å². The van der Waals surface area contributed by atoms with Gasteiger partial charge in [-0.2, -0.15) is 0 Å². The van der Waals surface area contributed by atoms with Crippen LogP contribution in [0.3, 0.4) is 0 Å². The molecule has 6 heteroatoms. The summed E-state index contributed by atoms with van der Waals surface area (Å²) >= 11 is 0. The smallest absolute Gasteiger partial charge is 0.204 e. The van der Waals surface area contributed by atoms with Gasteiger partial charge in [0.05, 0.1) is 26.9 Å². The lowest BCUT2D eigenvalue weighted by Crippen LogP contribution is -2.30. The van der Waals surface area contributed by atoms with Crippen molar-refractivity contribution < 1.29 is 19.0 Å². The maximum absolute atomic E-state index is 13.3. The third-order valence-corrected chi connectivity index (χ3v) is 4.25. The molecule has 2 aromatic carbocycles. The summed E-state index contributed by atoms with van der Waals surface area (Å²) in [6, 6.07) is 13.5. The molecule has 0 aliphatic carbocycles. The summed E-state index contributed by atoms with van der Waals surface area (Å²) < 4.78 is 16.2. The van der Waals surface area contributed by atoms with E-state index in [1.54, 1.807) is 19.2 Å². The molecular weight excluding hydrogens is 366 g/mol. The summed E-state index contributed by atoms with van der Waals surface area (Å²) in [5.74, 6) is 1.21. The SMILES string of the molecule is COc1ccc(C(=O)C(Cc2ccccc2)CN(C)C)c(OC)c1OC.Cl. The average molecular weight is 394 g/mol. The molecule has 0 fully saturated rings. The molecule has 0 saturated carbocycles. The normalized spacial score (nSPS) is 11.5. The molecular formula is C21H28ClNO4. The first kappa shape index (κ1) is 22.8. The second kappa shape index (κ2) is 10.8. The molecule has 1 unspecified atom stereocenters. The van der Waals surface area contributed by atoms with Gasteiger partial charge in [0.15, 0.2) is 17.3 Å². The minimum atomic E-state index is -0.195. The molecule has 0 N–H and O–H groups in total. The van der Waals surface area contributed by atoms with Crippen molar-refractivity contribution in [3.8, 4) is 17.2 Å². The van der Waals surface area contributed by atoms with Crippen LogP contribution in [0.1, 0.15) is 15.9 Å². The van der Waals surface area contributed by atoms with Crippen molar-refractivity contribution in [3.63, 3.8) is 0 Å². The Kier molecular flexibility index (Phi) is 9.12. The van der Waals surface area contributed by atoms with E-state index in [4.69, 9.17) is 14.2 Å². The number of ketones is 1.